The number of benzene rings is 1. The Morgan fingerprint density at radius 2 is 1.98 bits per heavy atom. The molecule has 0 aliphatic carbocycles. The van der Waals surface area contributed by atoms with Crippen molar-refractivity contribution in [2.45, 2.75) is 39.2 Å². The number of nitrogens with two attached hydrogens (primary N) is 1. The van der Waals surface area contributed by atoms with Crippen molar-refractivity contribution in [1.29, 1.82) is 0 Å². The molecule has 1 saturated heterocycles. The molecule has 1 aromatic carbocycles. The molecule has 0 radical (unpaired) electrons. The first kappa shape index (κ1) is 30.4. The molecule has 0 bridgehead atoms. The molecule has 6 rings (SSSR count). The number of hydrogen-bond acceptors (Lipinski definition) is 8. The van der Waals surface area contributed by atoms with Crippen molar-refractivity contribution >= 4 is 39.1 Å². The monoisotopic (exact) mass is 585 g/mol. The normalized spacial score (nSPS) is 16.4. The average molecular weight is 586 g/mol. The van der Waals surface area contributed by atoms with Crippen molar-refractivity contribution in [3.05, 3.63) is 74.0 Å². The lowest BCUT2D eigenvalue weighted by molar-refractivity contribution is 0.277. The summed E-state index contributed by atoms with van der Waals surface area (Å²) in [7, 11) is 3.20. The molecule has 1 fully saturated rings. The molecular weight excluding hydrogens is 549 g/mol. The molecule has 41 heavy (non-hydrogen) atoms. The first-order chi connectivity index (χ1) is 19.7. The number of aryl methyl sites for hydroxylation is 1. The van der Waals surface area contributed by atoms with Gasteiger partial charge in [0.1, 0.15) is 17.2 Å². The zero-order valence-electron chi connectivity index (χ0n) is 23.7. The van der Waals surface area contributed by atoms with E-state index in [1.165, 1.54) is 35.7 Å². The SMILES string of the molecule is CCC.CNN.Cn1c(=O)n(-c2c(F)cccc2Cl)c(=O)c2cnc3[nH]c(C4=CN(CC5CCCN5)NC4)cc3c21. The topological polar surface area (TPSA) is 138 Å². The molecule has 220 valence electrons. The highest BCUT2D eigenvalue weighted by atomic mass is 35.5. The van der Waals surface area contributed by atoms with Gasteiger partial charge in [0.2, 0.25) is 0 Å². The van der Waals surface area contributed by atoms with Gasteiger partial charge in [-0.25, -0.2) is 24.2 Å². The molecule has 11 nitrogen and oxygen atoms in total. The van der Waals surface area contributed by atoms with Crippen molar-refractivity contribution < 1.29 is 4.39 Å². The average Bonchev–Trinajstić information content (AvgIpc) is 3.71. The minimum absolute atomic E-state index is 0.0282. The van der Waals surface area contributed by atoms with Gasteiger partial charge in [-0.2, -0.15) is 0 Å². The summed E-state index contributed by atoms with van der Waals surface area (Å²) in [6.07, 6.45) is 7.08. The van der Waals surface area contributed by atoms with E-state index in [4.69, 9.17) is 11.6 Å². The van der Waals surface area contributed by atoms with Gasteiger partial charge in [-0.3, -0.25) is 20.6 Å². The van der Waals surface area contributed by atoms with Gasteiger partial charge in [-0.1, -0.05) is 37.9 Å². The fraction of sp³-hybridized carbons (Fsp3) is 0.393. The Hall–Kier alpha value is -3.55. The van der Waals surface area contributed by atoms with E-state index in [9.17, 15) is 14.0 Å². The summed E-state index contributed by atoms with van der Waals surface area (Å²) >= 11 is 6.16. The quantitative estimate of drug-likeness (QED) is 0.182. The summed E-state index contributed by atoms with van der Waals surface area (Å²) in [4.78, 5) is 34.4. The molecule has 0 saturated carbocycles. The number of aromatic nitrogens is 4. The van der Waals surface area contributed by atoms with Crippen LogP contribution in [0.2, 0.25) is 5.02 Å². The van der Waals surface area contributed by atoms with E-state index in [1.807, 2.05) is 6.07 Å². The number of fused-ring (bicyclic) bond motifs is 3. The van der Waals surface area contributed by atoms with Gasteiger partial charge in [0, 0.05) is 55.2 Å². The first-order valence-corrected chi connectivity index (χ1v) is 14.0. The third kappa shape index (κ3) is 6.21. The Bertz CT molecular complexity index is 1650. The summed E-state index contributed by atoms with van der Waals surface area (Å²) in [5.41, 5.74) is 6.87. The maximum absolute atomic E-state index is 14.6. The maximum Gasteiger partial charge on any atom is 0.336 e. The molecule has 3 aromatic heterocycles. The van der Waals surface area contributed by atoms with Gasteiger partial charge in [0.05, 0.1) is 15.9 Å². The second-order valence-corrected chi connectivity index (χ2v) is 10.4. The predicted octanol–water partition coefficient (Wildman–Crippen LogP) is 2.77. The fourth-order valence-corrected chi connectivity index (χ4v) is 5.25. The number of para-hydroxylation sites is 1. The van der Waals surface area contributed by atoms with Gasteiger partial charge in [-0.15, -0.1) is 0 Å². The van der Waals surface area contributed by atoms with Crippen LogP contribution in [0.25, 0.3) is 33.2 Å². The standard InChI is InChI=1S/C24H23ClFN7O2.C3H8.CH6N2/c1-31-20-15-8-19(13-9-29-32(11-13)12-14-4-3-7-27-14)30-22(15)28-10-16(20)23(34)33(24(31)35)21-17(25)5-2-6-18(21)26;2*1-3-2/h2,5-6,8,10-11,14,27,29H,3-4,7,9,12H2,1H3,(H,28,30);3H2,1-2H3;3H,2H2,1H3. The molecule has 0 spiro atoms. The molecule has 5 heterocycles. The second kappa shape index (κ2) is 13.4. The third-order valence-corrected chi connectivity index (χ3v) is 7.05. The largest absolute Gasteiger partial charge is 0.339 e. The van der Waals surface area contributed by atoms with Crippen LogP contribution in [0.3, 0.4) is 0 Å². The van der Waals surface area contributed by atoms with Crippen LogP contribution in [-0.4, -0.2) is 56.8 Å². The van der Waals surface area contributed by atoms with Crippen LogP contribution in [0.15, 0.2) is 46.3 Å². The van der Waals surface area contributed by atoms with Crippen LogP contribution in [0.1, 0.15) is 38.8 Å². The smallest absolute Gasteiger partial charge is 0.336 e. The van der Waals surface area contributed by atoms with Crippen LogP contribution in [-0.2, 0) is 7.05 Å². The molecule has 1 unspecified atom stereocenters. The highest BCUT2D eigenvalue weighted by Gasteiger charge is 2.23. The number of halogens is 2. The lowest BCUT2D eigenvalue weighted by Gasteiger charge is -2.20. The van der Waals surface area contributed by atoms with E-state index in [1.54, 1.807) is 14.1 Å². The van der Waals surface area contributed by atoms with E-state index in [0.717, 1.165) is 41.4 Å². The van der Waals surface area contributed by atoms with Crippen molar-refractivity contribution in [3.63, 3.8) is 0 Å². The molecule has 1 atom stereocenters. The number of hydrazine groups is 2. The van der Waals surface area contributed by atoms with Crippen LogP contribution < -0.4 is 33.3 Å². The number of pyridine rings is 1. The van der Waals surface area contributed by atoms with Crippen molar-refractivity contribution in [1.82, 2.24) is 40.3 Å². The summed E-state index contributed by atoms with van der Waals surface area (Å²) < 4.78 is 16.7. The Kier molecular flexibility index (Phi) is 9.94. The first-order valence-electron chi connectivity index (χ1n) is 13.6. The molecule has 0 amide bonds. The van der Waals surface area contributed by atoms with E-state index in [2.05, 4.69) is 57.0 Å². The number of H-pyrrole nitrogens is 1. The molecule has 13 heteroatoms. The minimum atomic E-state index is -0.757. The van der Waals surface area contributed by atoms with Gasteiger partial charge < -0.3 is 15.3 Å². The van der Waals surface area contributed by atoms with Gasteiger partial charge in [-0.05, 0) is 44.6 Å². The second-order valence-electron chi connectivity index (χ2n) is 9.95. The van der Waals surface area contributed by atoms with Crippen molar-refractivity contribution in [2.75, 3.05) is 26.7 Å². The highest BCUT2D eigenvalue weighted by molar-refractivity contribution is 6.32. The van der Waals surface area contributed by atoms with Crippen LogP contribution >= 0.6 is 11.6 Å². The van der Waals surface area contributed by atoms with Crippen LogP contribution in [0.4, 0.5) is 4.39 Å². The Morgan fingerprint density at radius 3 is 2.63 bits per heavy atom. The van der Waals surface area contributed by atoms with Gasteiger partial charge in [0.15, 0.2) is 0 Å². The molecule has 6 N–H and O–H groups in total. The molecule has 2 aliphatic rings. The molecule has 2 aliphatic heterocycles. The Balaban J connectivity index is 0.000000596. The Morgan fingerprint density at radius 1 is 1.24 bits per heavy atom. The number of nitrogens with zero attached hydrogens (tertiary/aromatic N) is 4. The van der Waals surface area contributed by atoms with Crippen molar-refractivity contribution in [3.8, 4) is 5.69 Å². The number of nitrogens with one attached hydrogen (secondary N) is 4. The fourth-order valence-electron chi connectivity index (χ4n) is 5.00. The third-order valence-electron chi connectivity index (χ3n) is 6.75. The van der Waals surface area contributed by atoms with Crippen LogP contribution in [0.5, 0.6) is 0 Å². The van der Waals surface area contributed by atoms with Crippen molar-refractivity contribution in [2.24, 2.45) is 12.9 Å². The molecule has 4 aromatic rings. The van der Waals surface area contributed by atoms with Gasteiger partial charge in [0.25, 0.3) is 5.56 Å². The van der Waals surface area contributed by atoms with E-state index in [0.29, 0.717) is 29.1 Å². The number of aromatic amines is 1. The Labute approximate surface area is 242 Å². The lowest BCUT2D eigenvalue weighted by atomic mass is 10.2. The van der Waals surface area contributed by atoms with Gasteiger partial charge >= 0.3 is 5.69 Å². The summed E-state index contributed by atoms with van der Waals surface area (Å²) in [6, 6.07) is 6.38. The summed E-state index contributed by atoms with van der Waals surface area (Å²) in [6.45, 7) is 6.83. The van der Waals surface area contributed by atoms with E-state index < -0.39 is 17.1 Å². The number of rotatable bonds is 4. The zero-order valence-corrected chi connectivity index (χ0v) is 24.5. The maximum atomic E-state index is 14.6. The van der Waals surface area contributed by atoms with Crippen LogP contribution in [0, 0.1) is 5.82 Å². The summed E-state index contributed by atoms with van der Waals surface area (Å²) in [5, 5.41) is 6.38. The lowest BCUT2D eigenvalue weighted by Crippen LogP contribution is -2.39. The minimum Gasteiger partial charge on any atom is -0.339 e. The molecular formula is C28H37ClFN9O2. The van der Waals surface area contributed by atoms with E-state index in [-0.39, 0.29) is 16.1 Å². The van der Waals surface area contributed by atoms with E-state index >= 15 is 0 Å². The predicted molar refractivity (Wildman–Crippen MR) is 162 cm³/mol. The summed E-state index contributed by atoms with van der Waals surface area (Å²) in [5.74, 6) is 3.84. The zero-order chi connectivity index (χ0) is 29.7. The number of hydrogen-bond donors (Lipinski definition) is 5. The highest BCUT2D eigenvalue weighted by Crippen LogP contribution is 2.27.